The number of aromatic nitrogens is 2. The van der Waals surface area contributed by atoms with Crippen LogP contribution in [-0.2, 0) is 0 Å². The zero-order valence-electron chi connectivity index (χ0n) is 9.56. The van der Waals surface area contributed by atoms with Gasteiger partial charge in [-0.1, -0.05) is 12.1 Å². The maximum atomic E-state index is 13.5. The number of benzene rings is 1. The van der Waals surface area contributed by atoms with E-state index in [2.05, 4.69) is 10.4 Å². The van der Waals surface area contributed by atoms with Gasteiger partial charge in [-0.05, 0) is 19.2 Å². The fourth-order valence-electron chi connectivity index (χ4n) is 1.42. The van der Waals surface area contributed by atoms with Crippen molar-refractivity contribution in [3.8, 4) is 11.4 Å². The summed E-state index contributed by atoms with van der Waals surface area (Å²) in [7, 11) is 1.85. The minimum atomic E-state index is -0.308. The van der Waals surface area contributed by atoms with Crippen LogP contribution in [0.2, 0.25) is 0 Å². The summed E-state index contributed by atoms with van der Waals surface area (Å²) in [5.74, 6) is 0.320. The fourth-order valence-corrected chi connectivity index (χ4v) is 1.42. The molecule has 0 unspecified atom stereocenters. The largest absolute Gasteiger partial charge is 0.489 e. The molecular weight excluding hydrogens is 221 g/mol. The Kier molecular flexibility index (Phi) is 3.72. The van der Waals surface area contributed by atoms with E-state index in [1.54, 1.807) is 30.6 Å². The third-order valence-corrected chi connectivity index (χ3v) is 2.28. The van der Waals surface area contributed by atoms with Crippen LogP contribution >= 0.6 is 0 Å². The predicted octanol–water partition coefficient (Wildman–Crippen LogP) is 1.61. The first kappa shape index (κ1) is 11.6. The van der Waals surface area contributed by atoms with Gasteiger partial charge in [-0.25, -0.2) is 9.07 Å². The number of para-hydroxylation sites is 1. The molecule has 0 radical (unpaired) electrons. The van der Waals surface area contributed by atoms with E-state index in [-0.39, 0.29) is 5.82 Å². The zero-order valence-corrected chi connectivity index (χ0v) is 9.56. The van der Waals surface area contributed by atoms with Crippen molar-refractivity contribution in [2.75, 3.05) is 20.2 Å². The van der Waals surface area contributed by atoms with Gasteiger partial charge in [0, 0.05) is 6.54 Å². The smallest absolute Gasteiger partial charge is 0.157 e. The lowest BCUT2D eigenvalue weighted by Crippen LogP contribution is -2.15. The average molecular weight is 235 g/mol. The van der Waals surface area contributed by atoms with Crippen molar-refractivity contribution in [2.24, 2.45) is 0 Å². The maximum absolute atomic E-state index is 13.5. The lowest BCUT2D eigenvalue weighted by atomic mass is 10.3. The van der Waals surface area contributed by atoms with Gasteiger partial charge in [-0.2, -0.15) is 5.10 Å². The van der Waals surface area contributed by atoms with Crippen molar-refractivity contribution in [2.45, 2.75) is 0 Å². The summed E-state index contributed by atoms with van der Waals surface area (Å²) < 4.78 is 20.4. The van der Waals surface area contributed by atoms with Crippen LogP contribution in [0.5, 0.6) is 5.75 Å². The Bertz CT molecular complexity index is 484. The number of likely N-dealkylation sites (N-methyl/N-ethyl adjacent to an activating group) is 1. The van der Waals surface area contributed by atoms with E-state index < -0.39 is 0 Å². The molecule has 0 saturated heterocycles. The SMILES string of the molecule is CNCCOc1cnn(-c2ccccc2F)c1. The molecule has 0 fully saturated rings. The van der Waals surface area contributed by atoms with Crippen LogP contribution in [0, 0.1) is 5.82 Å². The lowest BCUT2D eigenvalue weighted by Gasteiger charge is -2.02. The average Bonchev–Trinajstić information content (AvgIpc) is 2.79. The van der Waals surface area contributed by atoms with E-state index >= 15 is 0 Å². The summed E-state index contributed by atoms with van der Waals surface area (Å²) in [6, 6.07) is 6.48. The number of ether oxygens (including phenoxy) is 1. The van der Waals surface area contributed by atoms with Crippen LogP contribution in [0.1, 0.15) is 0 Å². The second kappa shape index (κ2) is 5.45. The van der Waals surface area contributed by atoms with Gasteiger partial charge >= 0.3 is 0 Å². The molecule has 1 aromatic heterocycles. The van der Waals surface area contributed by atoms with Gasteiger partial charge in [-0.3, -0.25) is 0 Å². The Morgan fingerprint density at radius 3 is 3.00 bits per heavy atom. The van der Waals surface area contributed by atoms with Gasteiger partial charge < -0.3 is 10.1 Å². The van der Waals surface area contributed by atoms with Crippen LogP contribution in [0.15, 0.2) is 36.7 Å². The molecule has 0 amide bonds. The highest BCUT2D eigenvalue weighted by atomic mass is 19.1. The summed E-state index contributed by atoms with van der Waals surface area (Å²) in [5, 5.41) is 7.03. The van der Waals surface area contributed by atoms with Crippen LogP contribution in [-0.4, -0.2) is 30.0 Å². The molecule has 1 N–H and O–H groups in total. The van der Waals surface area contributed by atoms with E-state index in [1.165, 1.54) is 10.7 Å². The van der Waals surface area contributed by atoms with Gasteiger partial charge in [0.15, 0.2) is 5.75 Å². The quantitative estimate of drug-likeness (QED) is 0.800. The molecule has 17 heavy (non-hydrogen) atoms. The number of hydrogen-bond donors (Lipinski definition) is 1. The standard InChI is InChI=1S/C12H14FN3O/c1-14-6-7-17-10-8-15-16(9-10)12-5-3-2-4-11(12)13/h2-5,8-9,14H,6-7H2,1H3. The third kappa shape index (κ3) is 2.82. The normalized spacial score (nSPS) is 10.5. The minimum absolute atomic E-state index is 0.308. The summed E-state index contributed by atoms with van der Waals surface area (Å²) in [6.45, 7) is 1.31. The molecule has 1 aromatic carbocycles. The first-order valence-corrected chi connectivity index (χ1v) is 5.38. The lowest BCUT2D eigenvalue weighted by molar-refractivity contribution is 0.318. The van der Waals surface area contributed by atoms with Crippen LogP contribution in [0.3, 0.4) is 0 Å². The Morgan fingerprint density at radius 1 is 1.41 bits per heavy atom. The second-order valence-electron chi connectivity index (χ2n) is 3.52. The Balaban J connectivity index is 2.10. The molecular formula is C12H14FN3O. The fraction of sp³-hybridized carbons (Fsp3) is 0.250. The molecule has 0 aliphatic carbocycles. The van der Waals surface area contributed by atoms with Gasteiger partial charge in [-0.15, -0.1) is 0 Å². The van der Waals surface area contributed by atoms with Gasteiger partial charge in [0.1, 0.15) is 18.1 Å². The molecule has 2 aromatic rings. The molecule has 0 aliphatic heterocycles. The molecule has 0 bridgehead atoms. The monoisotopic (exact) mass is 235 g/mol. The molecule has 4 nitrogen and oxygen atoms in total. The highest BCUT2D eigenvalue weighted by Gasteiger charge is 2.05. The summed E-state index contributed by atoms with van der Waals surface area (Å²) >= 11 is 0. The maximum Gasteiger partial charge on any atom is 0.157 e. The minimum Gasteiger partial charge on any atom is -0.489 e. The van der Waals surface area contributed by atoms with E-state index in [4.69, 9.17) is 4.74 Å². The number of rotatable bonds is 5. The summed E-state index contributed by atoms with van der Waals surface area (Å²) in [4.78, 5) is 0. The molecule has 1 heterocycles. The van der Waals surface area contributed by atoms with E-state index in [9.17, 15) is 4.39 Å². The molecule has 2 rings (SSSR count). The molecule has 0 atom stereocenters. The van der Waals surface area contributed by atoms with Gasteiger partial charge in [0.2, 0.25) is 0 Å². The van der Waals surface area contributed by atoms with Crippen LogP contribution in [0.25, 0.3) is 5.69 Å². The molecule has 90 valence electrons. The molecule has 0 spiro atoms. The molecule has 0 aliphatic rings. The highest BCUT2D eigenvalue weighted by Crippen LogP contribution is 2.15. The van der Waals surface area contributed by atoms with Crippen LogP contribution < -0.4 is 10.1 Å². The number of nitrogens with zero attached hydrogens (tertiary/aromatic N) is 2. The van der Waals surface area contributed by atoms with Crippen molar-refractivity contribution < 1.29 is 9.13 Å². The van der Waals surface area contributed by atoms with E-state index in [0.29, 0.717) is 18.0 Å². The first-order chi connectivity index (χ1) is 8.31. The number of hydrogen-bond acceptors (Lipinski definition) is 3. The van der Waals surface area contributed by atoms with Crippen LogP contribution in [0.4, 0.5) is 4.39 Å². The summed E-state index contributed by atoms with van der Waals surface area (Å²) in [5.41, 5.74) is 0.413. The Labute approximate surface area is 99.0 Å². The first-order valence-electron chi connectivity index (χ1n) is 5.38. The number of nitrogens with one attached hydrogen (secondary N) is 1. The van der Waals surface area contributed by atoms with E-state index in [0.717, 1.165) is 6.54 Å². The topological polar surface area (TPSA) is 39.1 Å². The molecule has 5 heteroatoms. The summed E-state index contributed by atoms with van der Waals surface area (Å²) in [6.07, 6.45) is 3.23. The van der Waals surface area contributed by atoms with Gasteiger partial charge in [0.25, 0.3) is 0 Å². The number of halogens is 1. The molecule has 0 saturated carbocycles. The van der Waals surface area contributed by atoms with Crippen molar-refractivity contribution in [1.82, 2.24) is 15.1 Å². The van der Waals surface area contributed by atoms with Gasteiger partial charge in [0.05, 0.1) is 12.4 Å². The third-order valence-electron chi connectivity index (χ3n) is 2.28. The second-order valence-corrected chi connectivity index (χ2v) is 3.52. The van der Waals surface area contributed by atoms with Crippen molar-refractivity contribution in [3.05, 3.63) is 42.5 Å². The van der Waals surface area contributed by atoms with Crippen molar-refractivity contribution >= 4 is 0 Å². The zero-order chi connectivity index (χ0) is 12.1. The van der Waals surface area contributed by atoms with Crippen molar-refractivity contribution in [3.63, 3.8) is 0 Å². The predicted molar refractivity (Wildman–Crippen MR) is 62.9 cm³/mol. The Hall–Kier alpha value is -1.88. The van der Waals surface area contributed by atoms with Crippen molar-refractivity contribution in [1.29, 1.82) is 0 Å². The Morgan fingerprint density at radius 2 is 2.24 bits per heavy atom. The highest BCUT2D eigenvalue weighted by molar-refractivity contribution is 5.33. The van der Waals surface area contributed by atoms with E-state index in [1.807, 2.05) is 7.05 Å².